The fourth-order valence-electron chi connectivity index (χ4n) is 5.55. The van der Waals surface area contributed by atoms with E-state index in [1.54, 1.807) is 31.1 Å². The van der Waals surface area contributed by atoms with Crippen LogP contribution in [0, 0.1) is 11.8 Å². The van der Waals surface area contributed by atoms with Gasteiger partial charge in [0, 0.05) is 24.8 Å². The largest absolute Gasteiger partial charge is 0.510 e. The zero-order valence-electron chi connectivity index (χ0n) is 19.2. The van der Waals surface area contributed by atoms with Crippen molar-refractivity contribution in [2.45, 2.75) is 24.5 Å². The average molecular weight is 470 g/mol. The lowest BCUT2D eigenvalue weighted by atomic mass is 9.58. The fourth-order valence-corrected chi connectivity index (χ4v) is 5.55. The number of methoxy groups -OCH3 is 1. The van der Waals surface area contributed by atoms with E-state index in [0.717, 1.165) is 13.3 Å². The number of Topliss-reactive ketones (excluding diaryl/α,β-unsaturated/α-hetero) is 2. The van der Waals surface area contributed by atoms with Crippen LogP contribution in [0.15, 0.2) is 45.9 Å². The fraction of sp³-hybridized carbons (Fsp3) is 0.417. The van der Waals surface area contributed by atoms with Crippen molar-refractivity contribution in [1.82, 2.24) is 4.90 Å². The van der Waals surface area contributed by atoms with E-state index in [9.17, 15) is 29.7 Å². The summed E-state index contributed by atoms with van der Waals surface area (Å²) >= 11 is 0. The smallest absolute Gasteiger partial charge is 0.509 e. The van der Waals surface area contributed by atoms with E-state index >= 15 is 0 Å². The number of likely N-dealkylation sites (N-methyl/N-ethyl adjacent to an activating group) is 1. The van der Waals surface area contributed by atoms with Crippen molar-refractivity contribution >= 4 is 23.9 Å². The molecule has 0 fully saturated rings. The third-order valence-corrected chi connectivity index (χ3v) is 6.89. The van der Waals surface area contributed by atoms with Crippen molar-refractivity contribution in [3.8, 4) is 5.75 Å². The summed E-state index contributed by atoms with van der Waals surface area (Å²) in [4.78, 5) is 45.1. The molecule has 3 aliphatic carbocycles. The molecule has 34 heavy (non-hydrogen) atoms. The molecule has 3 aliphatic rings. The Morgan fingerprint density at radius 1 is 1.24 bits per heavy atom. The number of carbonyl (C=O) groups excluding carboxylic acids is 3. The summed E-state index contributed by atoms with van der Waals surface area (Å²) in [6.45, 7) is 0. The highest BCUT2D eigenvalue weighted by atomic mass is 16.7. The lowest BCUT2D eigenvalue weighted by molar-refractivity contribution is -0.150. The number of fused-ring (bicyclic) bond motifs is 3. The molecule has 10 heteroatoms. The first kappa shape index (κ1) is 23.5. The maximum absolute atomic E-state index is 13.8. The monoisotopic (exact) mass is 470 g/mol. The number of ketones is 2. The molecule has 0 saturated heterocycles. The normalized spacial score (nSPS) is 28.7. The first-order chi connectivity index (χ1) is 16.1. The number of hydrogen-bond donors (Lipinski definition) is 3. The van der Waals surface area contributed by atoms with E-state index in [4.69, 9.17) is 4.74 Å². The van der Waals surface area contributed by atoms with E-state index in [2.05, 4.69) is 9.73 Å². The van der Waals surface area contributed by atoms with E-state index in [-0.39, 0.29) is 34.6 Å². The summed E-state index contributed by atoms with van der Waals surface area (Å²) < 4.78 is 10.2. The third-order valence-electron chi connectivity index (χ3n) is 6.89. The molecule has 4 rings (SSSR count). The molecular weight excluding hydrogens is 444 g/mol. The van der Waals surface area contributed by atoms with Gasteiger partial charge in [0.2, 0.25) is 11.4 Å². The van der Waals surface area contributed by atoms with Crippen LogP contribution in [0.25, 0.3) is 0 Å². The van der Waals surface area contributed by atoms with E-state index in [0.29, 0.717) is 12.0 Å². The van der Waals surface area contributed by atoms with Gasteiger partial charge in [0.15, 0.2) is 11.5 Å². The van der Waals surface area contributed by atoms with E-state index in [1.165, 1.54) is 13.1 Å². The van der Waals surface area contributed by atoms with E-state index in [1.807, 2.05) is 0 Å². The van der Waals surface area contributed by atoms with Gasteiger partial charge in [0.25, 0.3) is 0 Å². The minimum absolute atomic E-state index is 0.0353. The van der Waals surface area contributed by atoms with Gasteiger partial charge in [0.1, 0.15) is 11.5 Å². The predicted octanol–water partition coefficient (Wildman–Crippen LogP) is 2.13. The minimum Gasteiger partial charge on any atom is -0.510 e. The highest BCUT2D eigenvalue weighted by Crippen LogP contribution is 2.53. The second-order valence-corrected chi connectivity index (χ2v) is 8.86. The maximum atomic E-state index is 13.8. The molecule has 0 spiro atoms. The van der Waals surface area contributed by atoms with Crippen molar-refractivity contribution in [2.24, 2.45) is 16.8 Å². The van der Waals surface area contributed by atoms with Crippen LogP contribution in [0.5, 0.6) is 5.75 Å². The summed E-state index contributed by atoms with van der Waals surface area (Å²) in [6.07, 6.45) is 0.330. The third kappa shape index (κ3) is 3.12. The molecule has 0 aliphatic heterocycles. The summed E-state index contributed by atoms with van der Waals surface area (Å²) in [5.41, 5.74) is -2.04. The summed E-state index contributed by atoms with van der Waals surface area (Å²) in [5, 5.41) is 32.9. The number of phenolic OH excluding ortho intramolecular Hbond substituents is 1. The van der Waals surface area contributed by atoms with Crippen LogP contribution in [0.1, 0.15) is 22.3 Å². The van der Waals surface area contributed by atoms with Gasteiger partial charge in [-0.15, -0.1) is 0 Å². The van der Waals surface area contributed by atoms with E-state index < -0.39 is 47.0 Å². The average Bonchev–Trinajstić information content (AvgIpc) is 2.78. The number of aliphatic hydroxyl groups excluding tert-OH is 2. The first-order valence-corrected chi connectivity index (χ1v) is 10.7. The Morgan fingerprint density at radius 3 is 2.56 bits per heavy atom. The van der Waals surface area contributed by atoms with Gasteiger partial charge in [-0.25, -0.2) is 4.79 Å². The molecule has 0 radical (unpaired) electrons. The Hall–Kier alpha value is -3.66. The van der Waals surface area contributed by atoms with Gasteiger partial charge >= 0.3 is 6.16 Å². The number of rotatable bonds is 3. The molecular formula is C24H26N2O8. The van der Waals surface area contributed by atoms with Crippen molar-refractivity contribution in [2.75, 3.05) is 28.3 Å². The molecule has 10 nitrogen and oxygen atoms in total. The van der Waals surface area contributed by atoms with Crippen LogP contribution in [0.4, 0.5) is 4.79 Å². The quantitative estimate of drug-likeness (QED) is 0.446. The van der Waals surface area contributed by atoms with Crippen LogP contribution in [-0.2, 0) is 20.7 Å². The molecule has 1 aromatic rings. The summed E-state index contributed by atoms with van der Waals surface area (Å²) in [6, 6.07) is 3.86. The maximum Gasteiger partial charge on any atom is 0.509 e. The van der Waals surface area contributed by atoms with Crippen molar-refractivity contribution in [3.63, 3.8) is 0 Å². The number of ether oxygens (including phenoxy) is 2. The second-order valence-electron chi connectivity index (χ2n) is 8.86. The predicted molar refractivity (Wildman–Crippen MR) is 120 cm³/mol. The molecule has 180 valence electrons. The number of phenols is 1. The summed E-state index contributed by atoms with van der Waals surface area (Å²) in [7, 11) is 5.81. The number of hydrogen-bond acceptors (Lipinski definition) is 10. The molecule has 0 saturated carbocycles. The number of allylic oxidation sites excluding steroid dienone is 1. The van der Waals surface area contributed by atoms with Crippen molar-refractivity contribution < 1.29 is 39.2 Å². The van der Waals surface area contributed by atoms with Gasteiger partial charge in [-0.2, -0.15) is 0 Å². The molecule has 0 aromatic heterocycles. The first-order valence-electron chi connectivity index (χ1n) is 10.7. The Morgan fingerprint density at radius 2 is 1.94 bits per heavy atom. The molecule has 4 atom stereocenters. The molecule has 0 amide bonds. The zero-order chi connectivity index (χ0) is 24.9. The van der Waals surface area contributed by atoms with Gasteiger partial charge < -0.3 is 24.8 Å². The standard InChI is InChI=1S/C24H26N2O8/c1-25-10-13-19(28)18(26(2)3)14-9-12-8-11-6-5-7-15(27)16(11)20(29)17(12)22(31)24(14,21(13)30)34-23(32)33-4/h5-7,10,12,14,18,27-28,31H,8-9H2,1-4H3/b25-10-/t12-,14-,18-,24+/m0/s1. The van der Waals surface area contributed by atoms with Gasteiger partial charge in [0.05, 0.1) is 24.3 Å². The second kappa shape index (κ2) is 8.28. The highest BCUT2D eigenvalue weighted by Gasteiger charge is 2.65. The van der Waals surface area contributed by atoms with Gasteiger partial charge in [-0.1, -0.05) is 12.1 Å². The molecule has 0 unspecified atom stereocenters. The molecule has 0 bridgehead atoms. The number of benzene rings is 1. The van der Waals surface area contributed by atoms with Crippen molar-refractivity contribution in [3.05, 3.63) is 52.0 Å². The number of aliphatic hydroxyl groups is 2. The van der Waals surface area contributed by atoms with Crippen LogP contribution in [0.2, 0.25) is 0 Å². The molecule has 0 heterocycles. The Balaban J connectivity index is 2.03. The topological polar surface area (TPSA) is 146 Å². The lowest BCUT2D eigenvalue weighted by Crippen LogP contribution is -2.64. The Bertz CT molecular complexity index is 1180. The van der Waals surface area contributed by atoms with Crippen molar-refractivity contribution in [1.29, 1.82) is 0 Å². The summed E-state index contributed by atoms with van der Waals surface area (Å²) in [5.74, 6) is -4.27. The van der Waals surface area contributed by atoms with Gasteiger partial charge in [-0.3, -0.25) is 19.5 Å². The van der Waals surface area contributed by atoms with Gasteiger partial charge in [-0.05, 0) is 44.5 Å². The molecule has 3 N–H and O–H groups in total. The number of carbonyl (C=O) groups is 3. The molecule has 1 aromatic carbocycles. The number of aromatic hydroxyl groups is 1. The van der Waals surface area contributed by atoms with Crippen LogP contribution in [0.3, 0.4) is 0 Å². The SMILES string of the molecule is C/N=C\C1=C(O)[C@@H](N(C)C)[C@@H]2C[C@@H]3Cc4cccc(O)c4C(=O)C3=C(O)[C@]2(OC(=O)OC)C1=O. The number of nitrogens with zero attached hydrogens (tertiary/aromatic N) is 2. The number of aliphatic imine (C=N–C) groups is 1. The van der Waals surface area contributed by atoms with Crippen LogP contribution in [-0.4, -0.2) is 84.1 Å². The Kier molecular flexibility index (Phi) is 5.72. The zero-order valence-corrected chi connectivity index (χ0v) is 19.2. The Labute approximate surface area is 195 Å². The lowest BCUT2D eigenvalue weighted by Gasteiger charge is -2.51. The van der Waals surface area contributed by atoms with Crippen LogP contribution >= 0.6 is 0 Å². The van der Waals surface area contributed by atoms with Crippen LogP contribution < -0.4 is 0 Å². The minimum atomic E-state index is -2.33. The highest BCUT2D eigenvalue weighted by molar-refractivity contribution is 6.21.